The van der Waals surface area contributed by atoms with E-state index >= 15 is 0 Å². The second-order valence-electron chi connectivity index (χ2n) is 6.46. The Bertz CT molecular complexity index is 659. The first kappa shape index (κ1) is 14.0. The molecule has 0 radical (unpaired) electrons. The lowest BCUT2D eigenvalue weighted by Gasteiger charge is -2.39. The Labute approximate surface area is 123 Å². The third-order valence-corrected chi connectivity index (χ3v) is 3.87. The highest BCUT2D eigenvalue weighted by Crippen LogP contribution is 2.26. The molecule has 0 spiro atoms. The molecule has 0 saturated carbocycles. The Morgan fingerprint density at radius 1 is 1.43 bits per heavy atom. The molecule has 1 unspecified atom stereocenters. The molecule has 0 aliphatic carbocycles. The van der Waals surface area contributed by atoms with Crippen LogP contribution in [0.15, 0.2) is 24.7 Å². The third-order valence-electron chi connectivity index (χ3n) is 3.87. The molecule has 2 aromatic rings. The number of nitrogens with zero attached hydrogens (tertiary/aromatic N) is 4. The van der Waals surface area contributed by atoms with Crippen molar-refractivity contribution in [1.29, 1.82) is 0 Å². The second-order valence-corrected chi connectivity index (χ2v) is 6.46. The molecular weight excluding hydrogens is 268 g/mol. The number of hydrogen-bond acceptors (Lipinski definition) is 4. The average Bonchev–Trinajstić information content (AvgIpc) is 2.94. The van der Waals surface area contributed by atoms with Crippen LogP contribution in [0.4, 0.5) is 0 Å². The van der Waals surface area contributed by atoms with Gasteiger partial charge in [-0.2, -0.15) is 0 Å². The first-order valence-corrected chi connectivity index (χ1v) is 7.16. The number of aromatic nitrogens is 3. The molecule has 0 aromatic carbocycles. The SMILES string of the molecule is CC(C)(C)C1CN(C(=O)c2cccn3cnnc23)CCO1. The lowest BCUT2D eigenvalue weighted by Crippen LogP contribution is -2.50. The molecule has 112 valence electrons. The van der Waals surface area contributed by atoms with Crippen LogP contribution in [0.25, 0.3) is 5.65 Å². The fraction of sp³-hybridized carbons (Fsp3) is 0.533. The Kier molecular flexibility index (Phi) is 3.41. The van der Waals surface area contributed by atoms with E-state index in [4.69, 9.17) is 4.74 Å². The van der Waals surface area contributed by atoms with Gasteiger partial charge in [0.05, 0.1) is 18.3 Å². The molecule has 2 aromatic heterocycles. The molecule has 1 atom stereocenters. The fourth-order valence-electron chi connectivity index (χ4n) is 2.55. The van der Waals surface area contributed by atoms with Crippen LogP contribution in [0.2, 0.25) is 0 Å². The Morgan fingerprint density at radius 3 is 3.00 bits per heavy atom. The molecule has 21 heavy (non-hydrogen) atoms. The number of carbonyl (C=O) groups excluding carboxylic acids is 1. The van der Waals surface area contributed by atoms with Gasteiger partial charge in [-0.15, -0.1) is 10.2 Å². The van der Waals surface area contributed by atoms with E-state index in [0.29, 0.717) is 30.9 Å². The minimum Gasteiger partial charge on any atom is -0.374 e. The summed E-state index contributed by atoms with van der Waals surface area (Å²) in [5.74, 6) is -0.00819. The van der Waals surface area contributed by atoms with E-state index in [1.54, 1.807) is 16.8 Å². The van der Waals surface area contributed by atoms with Crippen molar-refractivity contribution in [3.8, 4) is 0 Å². The number of morpholine rings is 1. The van der Waals surface area contributed by atoms with Crippen LogP contribution >= 0.6 is 0 Å². The minimum absolute atomic E-state index is 0.00819. The zero-order valence-electron chi connectivity index (χ0n) is 12.6. The summed E-state index contributed by atoms with van der Waals surface area (Å²) < 4.78 is 7.56. The highest BCUT2D eigenvalue weighted by molar-refractivity contribution is 5.99. The first-order valence-electron chi connectivity index (χ1n) is 7.16. The maximum Gasteiger partial charge on any atom is 0.257 e. The van der Waals surface area contributed by atoms with Gasteiger partial charge in [-0.25, -0.2) is 0 Å². The molecule has 1 amide bonds. The molecule has 1 aliphatic heterocycles. The monoisotopic (exact) mass is 288 g/mol. The van der Waals surface area contributed by atoms with E-state index in [-0.39, 0.29) is 17.4 Å². The molecule has 6 heteroatoms. The number of amides is 1. The van der Waals surface area contributed by atoms with Crippen LogP contribution in [-0.2, 0) is 4.74 Å². The Balaban J connectivity index is 1.86. The number of pyridine rings is 1. The zero-order chi connectivity index (χ0) is 15.0. The van der Waals surface area contributed by atoms with Gasteiger partial charge in [0, 0.05) is 19.3 Å². The zero-order valence-corrected chi connectivity index (χ0v) is 12.6. The van der Waals surface area contributed by atoms with Gasteiger partial charge in [0.2, 0.25) is 0 Å². The van der Waals surface area contributed by atoms with Crippen molar-refractivity contribution in [1.82, 2.24) is 19.5 Å². The molecule has 3 heterocycles. The van der Waals surface area contributed by atoms with Gasteiger partial charge in [0.15, 0.2) is 5.65 Å². The van der Waals surface area contributed by atoms with E-state index in [2.05, 4.69) is 31.0 Å². The van der Waals surface area contributed by atoms with Crippen LogP contribution in [-0.4, -0.2) is 51.2 Å². The normalized spacial score (nSPS) is 20.0. The van der Waals surface area contributed by atoms with Gasteiger partial charge in [-0.1, -0.05) is 20.8 Å². The standard InChI is InChI=1S/C15H20N4O2/c1-15(2,3)12-9-18(7-8-21-12)14(20)11-5-4-6-19-10-16-17-13(11)19/h4-6,10,12H,7-9H2,1-3H3. The average molecular weight is 288 g/mol. The van der Waals surface area contributed by atoms with Crippen molar-refractivity contribution < 1.29 is 9.53 Å². The number of fused-ring (bicyclic) bond motifs is 1. The maximum absolute atomic E-state index is 12.8. The van der Waals surface area contributed by atoms with Crippen LogP contribution in [0.3, 0.4) is 0 Å². The van der Waals surface area contributed by atoms with Gasteiger partial charge in [-0.3, -0.25) is 9.20 Å². The predicted molar refractivity (Wildman–Crippen MR) is 78.1 cm³/mol. The van der Waals surface area contributed by atoms with Gasteiger partial charge in [-0.05, 0) is 17.5 Å². The summed E-state index contributed by atoms with van der Waals surface area (Å²) in [5, 5.41) is 7.90. The van der Waals surface area contributed by atoms with Gasteiger partial charge < -0.3 is 9.64 Å². The fourth-order valence-corrected chi connectivity index (χ4v) is 2.55. The topological polar surface area (TPSA) is 59.7 Å². The van der Waals surface area contributed by atoms with E-state index < -0.39 is 0 Å². The van der Waals surface area contributed by atoms with E-state index in [9.17, 15) is 4.79 Å². The molecule has 0 bridgehead atoms. The summed E-state index contributed by atoms with van der Waals surface area (Å²) >= 11 is 0. The molecule has 1 aliphatic rings. The van der Waals surface area contributed by atoms with Gasteiger partial charge in [0.1, 0.15) is 6.33 Å². The molecule has 1 saturated heterocycles. The number of hydrogen-bond donors (Lipinski definition) is 0. The summed E-state index contributed by atoms with van der Waals surface area (Å²) in [6.07, 6.45) is 3.49. The smallest absolute Gasteiger partial charge is 0.257 e. The highest BCUT2D eigenvalue weighted by Gasteiger charge is 2.33. The summed E-state index contributed by atoms with van der Waals surface area (Å²) in [5.41, 5.74) is 1.20. The highest BCUT2D eigenvalue weighted by atomic mass is 16.5. The van der Waals surface area contributed by atoms with E-state index in [0.717, 1.165) is 0 Å². The van der Waals surface area contributed by atoms with Crippen molar-refractivity contribution in [2.45, 2.75) is 26.9 Å². The summed E-state index contributed by atoms with van der Waals surface area (Å²) in [4.78, 5) is 14.6. The molecule has 3 rings (SSSR count). The summed E-state index contributed by atoms with van der Waals surface area (Å²) in [6.45, 7) is 8.18. The lowest BCUT2D eigenvalue weighted by molar-refractivity contribution is -0.0706. The first-order chi connectivity index (χ1) is 9.97. The van der Waals surface area contributed by atoms with Crippen molar-refractivity contribution in [2.24, 2.45) is 5.41 Å². The molecule has 1 fully saturated rings. The maximum atomic E-state index is 12.8. The van der Waals surface area contributed by atoms with Crippen molar-refractivity contribution >= 4 is 11.6 Å². The van der Waals surface area contributed by atoms with Gasteiger partial charge in [0.25, 0.3) is 5.91 Å². The van der Waals surface area contributed by atoms with E-state index in [1.165, 1.54) is 0 Å². The van der Waals surface area contributed by atoms with Crippen LogP contribution in [0, 0.1) is 5.41 Å². The Hall–Kier alpha value is -1.95. The minimum atomic E-state index is -0.00819. The van der Waals surface area contributed by atoms with Gasteiger partial charge >= 0.3 is 0 Å². The number of ether oxygens (including phenoxy) is 1. The lowest BCUT2D eigenvalue weighted by atomic mass is 9.88. The largest absolute Gasteiger partial charge is 0.374 e. The summed E-state index contributed by atoms with van der Waals surface area (Å²) in [7, 11) is 0. The van der Waals surface area contributed by atoms with Crippen LogP contribution in [0.1, 0.15) is 31.1 Å². The van der Waals surface area contributed by atoms with Crippen LogP contribution < -0.4 is 0 Å². The van der Waals surface area contributed by atoms with Crippen molar-refractivity contribution in [3.63, 3.8) is 0 Å². The third kappa shape index (κ3) is 2.63. The van der Waals surface area contributed by atoms with Crippen molar-refractivity contribution in [2.75, 3.05) is 19.7 Å². The predicted octanol–water partition coefficient (Wildman–Crippen LogP) is 1.62. The van der Waals surface area contributed by atoms with Crippen LogP contribution in [0.5, 0.6) is 0 Å². The number of rotatable bonds is 1. The summed E-state index contributed by atoms with van der Waals surface area (Å²) in [6, 6.07) is 3.64. The number of carbonyl (C=O) groups is 1. The van der Waals surface area contributed by atoms with Crippen molar-refractivity contribution in [3.05, 3.63) is 30.2 Å². The Morgan fingerprint density at radius 2 is 2.24 bits per heavy atom. The van der Waals surface area contributed by atoms with E-state index in [1.807, 2.05) is 17.2 Å². The quantitative estimate of drug-likeness (QED) is 0.800. The second kappa shape index (κ2) is 5.11. The molecule has 0 N–H and O–H groups in total. The molecule has 6 nitrogen and oxygen atoms in total. The molecular formula is C15H20N4O2.